The molecule has 3 amide bonds. The van der Waals surface area contributed by atoms with Gasteiger partial charge in [-0.2, -0.15) is 0 Å². The van der Waals surface area contributed by atoms with Crippen molar-refractivity contribution in [3.8, 4) is 5.75 Å². The minimum Gasteiger partial charge on any atom is -0.494 e. The van der Waals surface area contributed by atoms with Crippen LogP contribution in [0.2, 0.25) is 0 Å². The smallest absolute Gasteiger partial charge is 0.339 e. The van der Waals surface area contributed by atoms with E-state index in [9.17, 15) is 9.59 Å². The van der Waals surface area contributed by atoms with Crippen LogP contribution in [0.4, 0.5) is 9.93 Å². The number of anilines is 1. The van der Waals surface area contributed by atoms with Gasteiger partial charge >= 0.3 is 6.03 Å². The second kappa shape index (κ2) is 7.41. The maximum atomic E-state index is 11.9. The van der Waals surface area contributed by atoms with Crippen molar-refractivity contribution in [1.29, 1.82) is 0 Å². The second-order valence-electron chi connectivity index (χ2n) is 4.28. The van der Waals surface area contributed by atoms with Crippen molar-refractivity contribution in [3.63, 3.8) is 0 Å². The van der Waals surface area contributed by atoms with Gasteiger partial charge in [-0.3, -0.25) is 15.5 Å². The third kappa shape index (κ3) is 4.45. The minimum atomic E-state index is -0.561. The third-order valence-corrected chi connectivity index (χ3v) is 3.43. The number of hydrogen-bond donors (Lipinski definition) is 3. The van der Waals surface area contributed by atoms with E-state index in [4.69, 9.17) is 4.74 Å². The average Bonchev–Trinajstić information content (AvgIpc) is 2.91. The molecular formula is C14H16N4O3S. The number of ether oxygens (including phenoxy) is 1. The summed E-state index contributed by atoms with van der Waals surface area (Å²) in [6.45, 7) is 4.27. The first-order chi connectivity index (χ1) is 10.6. The number of benzene rings is 1. The van der Waals surface area contributed by atoms with Crippen LogP contribution in [-0.4, -0.2) is 23.5 Å². The van der Waals surface area contributed by atoms with E-state index in [0.29, 0.717) is 23.1 Å². The number of hydrazine groups is 1. The number of carbonyl (C=O) groups is 2. The van der Waals surface area contributed by atoms with Gasteiger partial charge in [0.1, 0.15) is 5.75 Å². The zero-order valence-electron chi connectivity index (χ0n) is 12.2. The molecule has 0 saturated carbocycles. The Morgan fingerprint density at radius 2 is 1.95 bits per heavy atom. The molecule has 0 aliphatic heterocycles. The van der Waals surface area contributed by atoms with Crippen molar-refractivity contribution in [2.75, 3.05) is 11.9 Å². The highest BCUT2D eigenvalue weighted by Gasteiger charge is 2.08. The van der Waals surface area contributed by atoms with Crippen molar-refractivity contribution in [2.45, 2.75) is 13.8 Å². The fourth-order valence-corrected chi connectivity index (χ4v) is 2.28. The molecule has 7 nitrogen and oxygen atoms in total. The number of hydrogen-bond acceptors (Lipinski definition) is 5. The summed E-state index contributed by atoms with van der Waals surface area (Å²) in [6, 6.07) is 6.05. The molecule has 0 spiro atoms. The molecule has 1 aromatic carbocycles. The molecule has 1 aromatic heterocycles. The van der Waals surface area contributed by atoms with E-state index in [2.05, 4.69) is 21.2 Å². The molecule has 22 heavy (non-hydrogen) atoms. The summed E-state index contributed by atoms with van der Waals surface area (Å²) in [7, 11) is 0. The van der Waals surface area contributed by atoms with E-state index in [1.807, 2.05) is 19.2 Å². The number of nitrogens with zero attached hydrogens (tertiary/aromatic N) is 1. The Morgan fingerprint density at radius 3 is 2.55 bits per heavy atom. The lowest BCUT2D eigenvalue weighted by molar-refractivity contribution is 0.0938. The molecule has 0 atom stereocenters. The lowest BCUT2D eigenvalue weighted by atomic mass is 10.2. The maximum Gasteiger partial charge on any atom is 0.339 e. The molecule has 0 aliphatic rings. The average molecular weight is 320 g/mol. The second-order valence-corrected chi connectivity index (χ2v) is 5.14. The molecule has 0 radical (unpaired) electrons. The van der Waals surface area contributed by atoms with Gasteiger partial charge in [0, 0.05) is 10.9 Å². The number of rotatable bonds is 4. The van der Waals surface area contributed by atoms with Crippen LogP contribution in [0.5, 0.6) is 5.75 Å². The number of aryl methyl sites for hydroxylation is 1. The molecule has 0 unspecified atom stereocenters. The van der Waals surface area contributed by atoms with Crippen LogP contribution in [-0.2, 0) is 0 Å². The van der Waals surface area contributed by atoms with Crippen LogP contribution in [0.1, 0.15) is 23.0 Å². The standard InChI is InChI=1S/C14H16N4O3S/c1-3-21-11-6-4-10(5-7-11)12(19)17-18-13(20)16-14-15-9(2)8-22-14/h4-8H,3H2,1-2H3,(H,17,19)(H2,15,16,18,20). The molecule has 0 bridgehead atoms. The first-order valence-electron chi connectivity index (χ1n) is 6.61. The predicted octanol–water partition coefficient (Wildman–Crippen LogP) is 2.32. The summed E-state index contributed by atoms with van der Waals surface area (Å²) < 4.78 is 5.29. The molecule has 116 valence electrons. The first kappa shape index (κ1) is 15.8. The van der Waals surface area contributed by atoms with Gasteiger partial charge in [0.2, 0.25) is 0 Å². The zero-order valence-corrected chi connectivity index (χ0v) is 13.0. The van der Waals surface area contributed by atoms with E-state index < -0.39 is 11.9 Å². The summed E-state index contributed by atoms with van der Waals surface area (Å²) in [6.07, 6.45) is 0. The van der Waals surface area contributed by atoms with Gasteiger partial charge in [-0.1, -0.05) is 0 Å². The Morgan fingerprint density at radius 1 is 1.23 bits per heavy atom. The minimum absolute atomic E-state index is 0.411. The van der Waals surface area contributed by atoms with Crippen molar-refractivity contribution >= 4 is 28.4 Å². The van der Waals surface area contributed by atoms with E-state index >= 15 is 0 Å². The molecular weight excluding hydrogens is 304 g/mol. The lowest BCUT2D eigenvalue weighted by Gasteiger charge is -2.08. The maximum absolute atomic E-state index is 11.9. The van der Waals surface area contributed by atoms with Gasteiger partial charge in [0.15, 0.2) is 5.13 Å². The van der Waals surface area contributed by atoms with Gasteiger partial charge in [-0.25, -0.2) is 15.2 Å². The summed E-state index contributed by atoms with van der Waals surface area (Å²) in [5.74, 6) is 0.261. The topological polar surface area (TPSA) is 92.4 Å². The first-order valence-corrected chi connectivity index (χ1v) is 7.48. The Bertz CT molecular complexity index is 654. The Balaban J connectivity index is 1.82. The van der Waals surface area contributed by atoms with Gasteiger partial charge in [0.25, 0.3) is 5.91 Å². The molecule has 3 N–H and O–H groups in total. The number of nitrogens with one attached hydrogen (secondary N) is 3. The number of thiazole rings is 1. The number of amides is 3. The number of urea groups is 1. The van der Waals surface area contributed by atoms with Crippen molar-refractivity contribution in [2.24, 2.45) is 0 Å². The van der Waals surface area contributed by atoms with Crippen LogP contribution in [0.15, 0.2) is 29.6 Å². The summed E-state index contributed by atoms with van der Waals surface area (Å²) in [5.41, 5.74) is 5.81. The quantitative estimate of drug-likeness (QED) is 0.754. The van der Waals surface area contributed by atoms with Crippen LogP contribution in [0.3, 0.4) is 0 Å². The predicted molar refractivity (Wildman–Crippen MR) is 84.1 cm³/mol. The van der Waals surface area contributed by atoms with E-state index in [1.54, 1.807) is 24.3 Å². The van der Waals surface area contributed by atoms with Crippen LogP contribution < -0.4 is 20.9 Å². The molecule has 8 heteroatoms. The normalized spacial score (nSPS) is 9.91. The summed E-state index contributed by atoms with van der Waals surface area (Å²) in [5, 5.41) is 4.79. The van der Waals surface area contributed by atoms with Crippen LogP contribution in [0, 0.1) is 6.92 Å². The zero-order chi connectivity index (χ0) is 15.9. The van der Waals surface area contributed by atoms with E-state index in [0.717, 1.165) is 5.69 Å². The van der Waals surface area contributed by atoms with Gasteiger partial charge in [-0.15, -0.1) is 11.3 Å². The summed E-state index contributed by atoms with van der Waals surface area (Å²) >= 11 is 1.31. The molecule has 0 aliphatic carbocycles. The Hall–Kier alpha value is -2.61. The molecule has 0 fully saturated rings. The van der Waals surface area contributed by atoms with E-state index in [1.165, 1.54) is 11.3 Å². The number of carbonyl (C=O) groups excluding carboxylic acids is 2. The van der Waals surface area contributed by atoms with Crippen molar-refractivity contribution in [1.82, 2.24) is 15.8 Å². The molecule has 0 saturated heterocycles. The number of aromatic nitrogens is 1. The van der Waals surface area contributed by atoms with Gasteiger partial charge in [-0.05, 0) is 38.1 Å². The van der Waals surface area contributed by atoms with Gasteiger partial charge in [0.05, 0.1) is 12.3 Å². The molecule has 2 rings (SSSR count). The fraction of sp³-hybridized carbons (Fsp3) is 0.214. The highest BCUT2D eigenvalue weighted by molar-refractivity contribution is 7.13. The van der Waals surface area contributed by atoms with Gasteiger partial charge < -0.3 is 4.74 Å². The highest BCUT2D eigenvalue weighted by Crippen LogP contribution is 2.14. The highest BCUT2D eigenvalue weighted by atomic mass is 32.1. The monoisotopic (exact) mass is 320 g/mol. The van der Waals surface area contributed by atoms with Crippen LogP contribution >= 0.6 is 11.3 Å². The van der Waals surface area contributed by atoms with Crippen molar-refractivity contribution < 1.29 is 14.3 Å². The van der Waals surface area contributed by atoms with E-state index in [-0.39, 0.29) is 0 Å². The molecule has 1 heterocycles. The fourth-order valence-electron chi connectivity index (χ4n) is 1.59. The Labute approximate surface area is 131 Å². The van der Waals surface area contributed by atoms with Crippen molar-refractivity contribution in [3.05, 3.63) is 40.9 Å². The largest absolute Gasteiger partial charge is 0.494 e. The lowest BCUT2D eigenvalue weighted by Crippen LogP contribution is -2.43. The third-order valence-electron chi connectivity index (χ3n) is 2.56. The Kier molecular flexibility index (Phi) is 5.31. The summed E-state index contributed by atoms with van der Waals surface area (Å²) in [4.78, 5) is 27.6. The SMILES string of the molecule is CCOc1ccc(C(=O)NNC(=O)Nc2nc(C)cs2)cc1. The molecule has 2 aromatic rings. The van der Waals surface area contributed by atoms with Crippen LogP contribution in [0.25, 0.3) is 0 Å².